The third-order valence-corrected chi connectivity index (χ3v) is 4.29. The number of methoxy groups -OCH3 is 1. The van der Waals surface area contributed by atoms with Gasteiger partial charge in [0.05, 0.1) is 13.2 Å². The highest BCUT2D eigenvalue weighted by atomic mass is 79.9. The molecule has 0 bridgehead atoms. The van der Waals surface area contributed by atoms with Crippen LogP contribution >= 0.6 is 15.9 Å². The van der Waals surface area contributed by atoms with Gasteiger partial charge in [0, 0.05) is 4.47 Å². The first kappa shape index (κ1) is 12.9. The normalized spacial score (nSPS) is 24.6. The van der Waals surface area contributed by atoms with E-state index in [0.29, 0.717) is 5.92 Å². The minimum atomic E-state index is -0.0990. The molecule has 2 unspecified atom stereocenters. The smallest absolute Gasteiger partial charge is 0.119 e. The molecule has 3 heteroatoms. The van der Waals surface area contributed by atoms with E-state index in [1.165, 1.54) is 12.0 Å². The highest BCUT2D eigenvalue weighted by molar-refractivity contribution is 9.10. The van der Waals surface area contributed by atoms with Crippen molar-refractivity contribution < 1.29 is 9.84 Å². The minimum absolute atomic E-state index is 0.0990. The molecule has 2 nitrogen and oxygen atoms in total. The maximum Gasteiger partial charge on any atom is 0.119 e. The summed E-state index contributed by atoms with van der Waals surface area (Å²) in [5, 5.41) is 9.69. The number of aliphatic hydroxyl groups excluding tert-OH is 1. The van der Waals surface area contributed by atoms with Crippen LogP contribution in [0.25, 0.3) is 0 Å². The van der Waals surface area contributed by atoms with E-state index in [9.17, 15) is 5.11 Å². The Balaban J connectivity index is 2.06. The van der Waals surface area contributed by atoms with Gasteiger partial charge in [-0.05, 0) is 55.4 Å². The van der Waals surface area contributed by atoms with E-state index >= 15 is 0 Å². The summed E-state index contributed by atoms with van der Waals surface area (Å²) < 4.78 is 6.39. The highest BCUT2D eigenvalue weighted by Crippen LogP contribution is 2.31. The van der Waals surface area contributed by atoms with Crippen LogP contribution < -0.4 is 4.74 Å². The zero-order valence-electron chi connectivity index (χ0n) is 10.2. The van der Waals surface area contributed by atoms with Crippen molar-refractivity contribution in [2.45, 2.75) is 38.2 Å². The van der Waals surface area contributed by atoms with Gasteiger partial charge >= 0.3 is 0 Å². The van der Waals surface area contributed by atoms with Gasteiger partial charge in [0.25, 0.3) is 0 Å². The number of rotatable bonds is 3. The van der Waals surface area contributed by atoms with Crippen LogP contribution in [0.3, 0.4) is 0 Å². The van der Waals surface area contributed by atoms with Crippen LogP contribution in [-0.2, 0) is 6.42 Å². The van der Waals surface area contributed by atoms with Gasteiger partial charge in [-0.25, -0.2) is 0 Å². The molecule has 2 atom stereocenters. The van der Waals surface area contributed by atoms with Crippen molar-refractivity contribution in [2.75, 3.05) is 7.11 Å². The molecule has 1 saturated carbocycles. The highest BCUT2D eigenvalue weighted by Gasteiger charge is 2.21. The standard InChI is InChI=1S/C14H19BrO2/c1-17-13-5-6-14(15)11(9-13)7-10-3-2-4-12(16)8-10/h5-6,9-10,12,16H,2-4,7-8H2,1H3. The summed E-state index contributed by atoms with van der Waals surface area (Å²) in [6.45, 7) is 0. The first-order valence-corrected chi connectivity index (χ1v) is 6.99. The van der Waals surface area contributed by atoms with Crippen LogP contribution in [0.4, 0.5) is 0 Å². The van der Waals surface area contributed by atoms with Crippen molar-refractivity contribution in [2.24, 2.45) is 5.92 Å². The lowest BCUT2D eigenvalue weighted by atomic mass is 9.83. The van der Waals surface area contributed by atoms with Crippen LogP contribution in [0.2, 0.25) is 0 Å². The second kappa shape index (κ2) is 5.87. The number of ether oxygens (including phenoxy) is 1. The zero-order valence-corrected chi connectivity index (χ0v) is 11.7. The second-order valence-corrected chi connectivity index (χ2v) is 5.70. The van der Waals surface area contributed by atoms with Gasteiger partial charge in [-0.15, -0.1) is 0 Å². The third-order valence-electron chi connectivity index (χ3n) is 3.52. The summed E-state index contributed by atoms with van der Waals surface area (Å²) in [5.41, 5.74) is 1.28. The summed E-state index contributed by atoms with van der Waals surface area (Å²) in [6.07, 6.45) is 5.20. The molecule has 1 fully saturated rings. The molecule has 1 aromatic rings. The molecule has 0 heterocycles. The molecular weight excluding hydrogens is 280 g/mol. The Labute approximate surface area is 111 Å². The lowest BCUT2D eigenvalue weighted by Crippen LogP contribution is -2.21. The lowest BCUT2D eigenvalue weighted by Gasteiger charge is -2.26. The molecule has 0 spiro atoms. The van der Waals surface area contributed by atoms with Gasteiger partial charge in [0.15, 0.2) is 0 Å². The monoisotopic (exact) mass is 298 g/mol. The fraction of sp³-hybridized carbons (Fsp3) is 0.571. The van der Waals surface area contributed by atoms with E-state index in [1.807, 2.05) is 12.1 Å². The molecule has 0 amide bonds. The Hall–Kier alpha value is -0.540. The van der Waals surface area contributed by atoms with Crippen molar-refractivity contribution in [3.8, 4) is 5.75 Å². The van der Waals surface area contributed by atoms with Gasteiger partial charge < -0.3 is 9.84 Å². The van der Waals surface area contributed by atoms with E-state index in [2.05, 4.69) is 22.0 Å². The van der Waals surface area contributed by atoms with Gasteiger partial charge in [0.1, 0.15) is 5.75 Å². The fourth-order valence-corrected chi connectivity index (χ4v) is 3.00. The predicted molar refractivity (Wildman–Crippen MR) is 72.4 cm³/mol. The van der Waals surface area contributed by atoms with E-state index in [0.717, 1.165) is 35.9 Å². The molecular formula is C14H19BrO2. The number of benzene rings is 1. The number of aliphatic hydroxyl groups is 1. The Morgan fingerprint density at radius 1 is 1.41 bits per heavy atom. The van der Waals surface area contributed by atoms with E-state index in [-0.39, 0.29) is 6.10 Å². The van der Waals surface area contributed by atoms with Crippen molar-refractivity contribution in [1.82, 2.24) is 0 Å². The fourth-order valence-electron chi connectivity index (χ4n) is 2.59. The van der Waals surface area contributed by atoms with Gasteiger partial charge in [-0.1, -0.05) is 22.4 Å². The maximum absolute atomic E-state index is 9.69. The lowest BCUT2D eigenvalue weighted by molar-refractivity contribution is 0.101. The molecule has 0 saturated heterocycles. The van der Waals surface area contributed by atoms with E-state index < -0.39 is 0 Å². The Morgan fingerprint density at radius 2 is 2.24 bits per heavy atom. The first-order valence-electron chi connectivity index (χ1n) is 6.19. The SMILES string of the molecule is COc1ccc(Br)c(CC2CCCC(O)C2)c1. The third kappa shape index (κ3) is 3.46. The minimum Gasteiger partial charge on any atom is -0.497 e. The van der Waals surface area contributed by atoms with Gasteiger partial charge in [-0.3, -0.25) is 0 Å². The van der Waals surface area contributed by atoms with Crippen LogP contribution in [-0.4, -0.2) is 18.3 Å². The average Bonchev–Trinajstić information content (AvgIpc) is 2.32. The van der Waals surface area contributed by atoms with E-state index in [4.69, 9.17) is 4.74 Å². The molecule has 1 aliphatic carbocycles. The summed E-state index contributed by atoms with van der Waals surface area (Å²) in [6, 6.07) is 6.09. The van der Waals surface area contributed by atoms with Crippen LogP contribution in [0.15, 0.2) is 22.7 Å². The molecule has 0 aliphatic heterocycles. The average molecular weight is 299 g/mol. The molecule has 0 radical (unpaired) electrons. The van der Waals surface area contributed by atoms with Gasteiger partial charge in [0.2, 0.25) is 0 Å². The van der Waals surface area contributed by atoms with Crippen molar-refractivity contribution >= 4 is 15.9 Å². The Bertz CT molecular complexity index is 378. The molecule has 1 N–H and O–H groups in total. The quantitative estimate of drug-likeness (QED) is 0.925. The molecule has 17 heavy (non-hydrogen) atoms. The summed E-state index contributed by atoms with van der Waals surface area (Å²) in [7, 11) is 1.69. The largest absolute Gasteiger partial charge is 0.497 e. The van der Waals surface area contributed by atoms with Crippen LogP contribution in [0, 0.1) is 5.92 Å². The maximum atomic E-state index is 9.69. The molecule has 94 valence electrons. The molecule has 1 aliphatic rings. The molecule has 1 aromatic carbocycles. The summed E-state index contributed by atoms with van der Waals surface area (Å²) in [5.74, 6) is 1.50. The van der Waals surface area contributed by atoms with Gasteiger partial charge in [-0.2, -0.15) is 0 Å². The number of hydrogen-bond donors (Lipinski definition) is 1. The zero-order chi connectivity index (χ0) is 12.3. The summed E-state index contributed by atoms with van der Waals surface area (Å²) >= 11 is 3.58. The Kier molecular flexibility index (Phi) is 4.46. The number of halogens is 1. The number of hydrogen-bond acceptors (Lipinski definition) is 2. The van der Waals surface area contributed by atoms with Crippen LogP contribution in [0.1, 0.15) is 31.2 Å². The Morgan fingerprint density at radius 3 is 2.94 bits per heavy atom. The van der Waals surface area contributed by atoms with Crippen molar-refractivity contribution in [1.29, 1.82) is 0 Å². The summed E-state index contributed by atoms with van der Waals surface area (Å²) in [4.78, 5) is 0. The van der Waals surface area contributed by atoms with Crippen molar-refractivity contribution in [3.05, 3.63) is 28.2 Å². The predicted octanol–water partition coefficient (Wildman–Crippen LogP) is 3.55. The second-order valence-electron chi connectivity index (χ2n) is 4.85. The van der Waals surface area contributed by atoms with E-state index in [1.54, 1.807) is 7.11 Å². The first-order chi connectivity index (χ1) is 8.19. The van der Waals surface area contributed by atoms with Crippen LogP contribution in [0.5, 0.6) is 5.75 Å². The molecule has 0 aromatic heterocycles. The molecule has 2 rings (SSSR count). The van der Waals surface area contributed by atoms with Crippen molar-refractivity contribution in [3.63, 3.8) is 0 Å². The topological polar surface area (TPSA) is 29.5 Å².